The van der Waals surface area contributed by atoms with Crippen molar-refractivity contribution in [1.82, 2.24) is 5.32 Å². The summed E-state index contributed by atoms with van der Waals surface area (Å²) in [6.07, 6.45) is -0.124. The third-order valence-electron chi connectivity index (χ3n) is 1.65. The van der Waals surface area contributed by atoms with Gasteiger partial charge >= 0.3 is 0 Å². The van der Waals surface area contributed by atoms with Crippen LogP contribution in [0.4, 0.5) is 0 Å². The lowest BCUT2D eigenvalue weighted by atomic mass is 10.1. The van der Waals surface area contributed by atoms with E-state index in [4.69, 9.17) is 11.6 Å². The Kier molecular flexibility index (Phi) is 3.73. The van der Waals surface area contributed by atoms with Gasteiger partial charge in [-0.25, -0.2) is 0 Å². The van der Waals surface area contributed by atoms with E-state index < -0.39 is 6.10 Å². The molecule has 0 fully saturated rings. The molecule has 70 valence electrons. The fraction of sp³-hybridized carbons (Fsp3) is 0.222. The maximum absolute atomic E-state index is 9.95. The van der Waals surface area contributed by atoms with Gasteiger partial charge in [0, 0.05) is 11.6 Å². The normalized spacial score (nSPS) is 12.2. The topological polar surface area (TPSA) is 49.3 Å². The number of benzene rings is 1. The molecule has 1 aromatic carbocycles. The van der Waals surface area contributed by atoms with Crippen molar-refractivity contribution < 1.29 is 9.90 Å². The third-order valence-corrected chi connectivity index (χ3v) is 1.90. The third kappa shape index (κ3) is 3.05. The summed E-state index contributed by atoms with van der Waals surface area (Å²) in [6, 6.07) is 6.83. The summed E-state index contributed by atoms with van der Waals surface area (Å²) in [5.74, 6) is 0. The van der Waals surface area contributed by atoms with Gasteiger partial charge in [-0.2, -0.15) is 0 Å². The molecule has 3 nitrogen and oxygen atoms in total. The van der Waals surface area contributed by atoms with E-state index in [0.29, 0.717) is 11.4 Å². The highest BCUT2D eigenvalue weighted by Crippen LogP contribution is 2.15. The highest BCUT2D eigenvalue weighted by atomic mass is 35.5. The van der Waals surface area contributed by atoms with Gasteiger partial charge in [-0.3, -0.25) is 4.79 Å². The number of nitrogens with one attached hydrogen (secondary N) is 1. The molecule has 0 aliphatic rings. The Morgan fingerprint density at radius 3 is 2.62 bits per heavy atom. The van der Waals surface area contributed by atoms with Crippen molar-refractivity contribution >= 4 is 18.0 Å². The number of hydrogen-bond donors (Lipinski definition) is 2. The molecule has 0 aliphatic heterocycles. The average Bonchev–Trinajstić information content (AvgIpc) is 2.15. The first-order chi connectivity index (χ1) is 6.24. The molecule has 1 rings (SSSR count). The molecule has 1 aromatic rings. The summed E-state index contributed by atoms with van der Waals surface area (Å²) in [5, 5.41) is 12.5. The van der Waals surface area contributed by atoms with Crippen molar-refractivity contribution in [2.24, 2.45) is 0 Å². The van der Waals surface area contributed by atoms with Crippen LogP contribution in [0.15, 0.2) is 24.3 Å². The molecule has 0 saturated heterocycles. The molecule has 13 heavy (non-hydrogen) atoms. The number of rotatable bonds is 4. The van der Waals surface area contributed by atoms with Gasteiger partial charge < -0.3 is 10.4 Å². The average molecular weight is 200 g/mol. The molecule has 0 spiro atoms. The second kappa shape index (κ2) is 4.84. The molecule has 0 radical (unpaired) electrons. The molecule has 1 unspecified atom stereocenters. The number of amides is 1. The molecular formula is C9H10ClNO2. The van der Waals surface area contributed by atoms with Crippen LogP contribution in [0.5, 0.6) is 0 Å². The van der Waals surface area contributed by atoms with E-state index in [0.717, 1.165) is 5.56 Å². The molecule has 0 aromatic heterocycles. The minimum Gasteiger partial charge on any atom is -0.387 e. The zero-order chi connectivity index (χ0) is 9.68. The second-order valence-electron chi connectivity index (χ2n) is 2.59. The molecule has 0 aliphatic carbocycles. The van der Waals surface area contributed by atoms with E-state index in [2.05, 4.69) is 5.32 Å². The van der Waals surface area contributed by atoms with Gasteiger partial charge in [-0.05, 0) is 17.7 Å². The lowest BCUT2D eigenvalue weighted by Gasteiger charge is -2.09. The SMILES string of the molecule is O=CNCC(O)c1ccc(Cl)cc1. The van der Waals surface area contributed by atoms with Crippen LogP contribution in [0.1, 0.15) is 11.7 Å². The van der Waals surface area contributed by atoms with E-state index in [-0.39, 0.29) is 6.54 Å². The van der Waals surface area contributed by atoms with Crippen LogP contribution in [-0.2, 0) is 4.79 Å². The first kappa shape index (κ1) is 10.0. The number of carbonyl (C=O) groups excluding carboxylic acids is 1. The monoisotopic (exact) mass is 199 g/mol. The quantitative estimate of drug-likeness (QED) is 0.714. The fourth-order valence-electron chi connectivity index (χ4n) is 0.963. The number of halogens is 1. The minimum absolute atomic E-state index is 0.213. The molecular weight excluding hydrogens is 190 g/mol. The van der Waals surface area contributed by atoms with Crippen LogP contribution < -0.4 is 5.32 Å². The van der Waals surface area contributed by atoms with Crippen molar-refractivity contribution in [3.63, 3.8) is 0 Å². The van der Waals surface area contributed by atoms with E-state index in [9.17, 15) is 9.90 Å². The van der Waals surface area contributed by atoms with E-state index in [1.165, 1.54) is 0 Å². The van der Waals surface area contributed by atoms with E-state index in [1.807, 2.05) is 0 Å². The van der Waals surface area contributed by atoms with Gasteiger partial charge in [0.15, 0.2) is 0 Å². The largest absolute Gasteiger partial charge is 0.387 e. The lowest BCUT2D eigenvalue weighted by Crippen LogP contribution is -2.19. The van der Waals surface area contributed by atoms with Crippen molar-refractivity contribution in [3.05, 3.63) is 34.9 Å². The molecule has 1 atom stereocenters. The molecule has 2 N–H and O–H groups in total. The standard InChI is InChI=1S/C9H10ClNO2/c10-8-3-1-7(2-4-8)9(13)5-11-6-12/h1-4,6,9,13H,5H2,(H,11,12). The predicted octanol–water partition coefficient (Wildman–Crippen LogP) is 1.12. The summed E-state index contributed by atoms with van der Waals surface area (Å²) < 4.78 is 0. The van der Waals surface area contributed by atoms with Crippen LogP contribution >= 0.6 is 11.6 Å². The Morgan fingerprint density at radius 1 is 1.46 bits per heavy atom. The Morgan fingerprint density at radius 2 is 2.08 bits per heavy atom. The van der Waals surface area contributed by atoms with Crippen molar-refractivity contribution in [1.29, 1.82) is 0 Å². The first-order valence-electron chi connectivity index (χ1n) is 3.84. The number of carbonyl (C=O) groups is 1. The van der Waals surface area contributed by atoms with Gasteiger partial charge in [-0.1, -0.05) is 23.7 Å². The van der Waals surface area contributed by atoms with Crippen molar-refractivity contribution in [2.75, 3.05) is 6.54 Å². The highest BCUT2D eigenvalue weighted by Gasteiger charge is 2.05. The Hall–Kier alpha value is -1.06. The van der Waals surface area contributed by atoms with Crippen molar-refractivity contribution in [3.8, 4) is 0 Å². The van der Waals surface area contributed by atoms with Crippen LogP contribution in [0, 0.1) is 0 Å². The van der Waals surface area contributed by atoms with Crippen LogP contribution in [0.25, 0.3) is 0 Å². The summed E-state index contributed by atoms with van der Waals surface area (Å²) in [6.45, 7) is 0.213. The highest BCUT2D eigenvalue weighted by molar-refractivity contribution is 6.30. The van der Waals surface area contributed by atoms with E-state index in [1.54, 1.807) is 24.3 Å². The second-order valence-corrected chi connectivity index (χ2v) is 3.03. The van der Waals surface area contributed by atoms with Gasteiger partial charge in [0.2, 0.25) is 6.41 Å². The molecule has 0 bridgehead atoms. The summed E-state index contributed by atoms with van der Waals surface area (Å²) in [4.78, 5) is 9.95. The Labute approximate surface area is 81.3 Å². The number of aliphatic hydroxyl groups excluding tert-OH is 1. The zero-order valence-corrected chi connectivity index (χ0v) is 7.66. The number of aliphatic hydroxyl groups is 1. The van der Waals surface area contributed by atoms with Crippen LogP contribution in [0.3, 0.4) is 0 Å². The maximum atomic E-state index is 9.95. The van der Waals surface area contributed by atoms with Crippen molar-refractivity contribution in [2.45, 2.75) is 6.10 Å². The van der Waals surface area contributed by atoms with Gasteiger partial charge in [0.05, 0.1) is 6.10 Å². The Bertz CT molecular complexity index is 273. The maximum Gasteiger partial charge on any atom is 0.207 e. The van der Waals surface area contributed by atoms with Gasteiger partial charge in [-0.15, -0.1) is 0 Å². The summed E-state index contributed by atoms with van der Waals surface area (Å²) >= 11 is 5.67. The first-order valence-corrected chi connectivity index (χ1v) is 4.22. The smallest absolute Gasteiger partial charge is 0.207 e. The lowest BCUT2D eigenvalue weighted by molar-refractivity contribution is -0.109. The summed E-state index contributed by atoms with van der Waals surface area (Å²) in [5.41, 5.74) is 0.735. The van der Waals surface area contributed by atoms with Crippen LogP contribution in [0.2, 0.25) is 5.02 Å². The number of hydrogen-bond acceptors (Lipinski definition) is 2. The van der Waals surface area contributed by atoms with Gasteiger partial charge in [0.1, 0.15) is 0 Å². The van der Waals surface area contributed by atoms with Crippen LogP contribution in [-0.4, -0.2) is 18.1 Å². The minimum atomic E-state index is -0.678. The fourth-order valence-corrected chi connectivity index (χ4v) is 1.09. The predicted molar refractivity (Wildman–Crippen MR) is 50.5 cm³/mol. The molecule has 0 heterocycles. The Balaban J connectivity index is 2.60. The zero-order valence-electron chi connectivity index (χ0n) is 6.90. The summed E-state index contributed by atoms with van der Waals surface area (Å²) in [7, 11) is 0. The van der Waals surface area contributed by atoms with E-state index >= 15 is 0 Å². The molecule has 4 heteroatoms. The molecule has 1 amide bonds. The van der Waals surface area contributed by atoms with Gasteiger partial charge in [0.25, 0.3) is 0 Å². The molecule has 0 saturated carbocycles.